The number of hydrogen-bond donors (Lipinski definition) is 2. The van der Waals surface area contributed by atoms with Crippen LogP contribution in [0.4, 0.5) is 17.1 Å². The first-order chi connectivity index (χ1) is 8.58. The van der Waals surface area contributed by atoms with Gasteiger partial charge in [0.15, 0.2) is 0 Å². The van der Waals surface area contributed by atoms with Crippen LogP contribution in [0.25, 0.3) is 0 Å². The zero-order valence-electron chi connectivity index (χ0n) is 10.3. The van der Waals surface area contributed by atoms with Gasteiger partial charge in [-0.15, -0.1) is 0 Å². The van der Waals surface area contributed by atoms with Crippen molar-refractivity contribution in [3.8, 4) is 5.75 Å². The molecule has 0 aromatic heterocycles. The molecule has 18 heavy (non-hydrogen) atoms. The average Bonchev–Trinajstić information content (AvgIpc) is 2.30. The Bertz CT molecular complexity index is 549. The minimum absolute atomic E-state index is 0.747. The number of ether oxygens (including phenoxy) is 1. The van der Waals surface area contributed by atoms with Gasteiger partial charge in [0.1, 0.15) is 5.75 Å². The van der Waals surface area contributed by atoms with E-state index in [1.54, 1.807) is 7.11 Å². The number of rotatable bonds is 3. The van der Waals surface area contributed by atoms with Gasteiger partial charge in [0.25, 0.3) is 0 Å². The van der Waals surface area contributed by atoms with E-state index < -0.39 is 0 Å². The van der Waals surface area contributed by atoms with Gasteiger partial charge >= 0.3 is 0 Å². The summed E-state index contributed by atoms with van der Waals surface area (Å²) in [5.41, 5.74) is 9.60. The molecule has 0 heterocycles. The number of halogens is 1. The van der Waals surface area contributed by atoms with Gasteiger partial charge in [0, 0.05) is 21.9 Å². The second kappa shape index (κ2) is 5.31. The van der Waals surface area contributed by atoms with Crippen LogP contribution < -0.4 is 15.8 Å². The maximum absolute atomic E-state index is 5.83. The van der Waals surface area contributed by atoms with E-state index in [2.05, 4.69) is 21.2 Å². The minimum Gasteiger partial charge on any atom is -0.497 e. The molecule has 0 aliphatic heterocycles. The second-order valence-electron chi connectivity index (χ2n) is 4.10. The predicted molar refractivity (Wildman–Crippen MR) is 79.6 cm³/mol. The topological polar surface area (TPSA) is 47.3 Å². The largest absolute Gasteiger partial charge is 0.497 e. The first kappa shape index (κ1) is 12.8. The van der Waals surface area contributed by atoms with Crippen LogP contribution in [0.1, 0.15) is 5.56 Å². The van der Waals surface area contributed by atoms with Gasteiger partial charge in [-0.05, 0) is 58.7 Å². The third-order valence-electron chi connectivity index (χ3n) is 2.55. The molecule has 0 atom stereocenters. The molecule has 3 nitrogen and oxygen atoms in total. The molecule has 0 aliphatic rings. The van der Waals surface area contributed by atoms with Crippen LogP contribution in [-0.2, 0) is 0 Å². The number of nitrogen functional groups attached to an aromatic ring is 1. The molecule has 2 aromatic rings. The normalized spacial score (nSPS) is 10.2. The van der Waals surface area contributed by atoms with Crippen LogP contribution in [0.2, 0.25) is 0 Å². The van der Waals surface area contributed by atoms with Crippen molar-refractivity contribution in [2.75, 3.05) is 18.2 Å². The van der Waals surface area contributed by atoms with Crippen molar-refractivity contribution in [1.29, 1.82) is 0 Å². The smallest absolute Gasteiger partial charge is 0.121 e. The van der Waals surface area contributed by atoms with Crippen molar-refractivity contribution in [2.45, 2.75) is 6.92 Å². The van der Waals surface area contributed by atoms with E-state index in [0.29, 0.717) is 0 Å². The maximum atomic E-state index is 5.83. The lowest BCUT2D eigenvalue weighted by molar-refractivity contribution is 0.415. The molecule has 0 bridgehead atoms. The number of nitrogens with one attached hydrogen (secondary N) is 1. The maximum Gasteiger partial charge on any atom is 0.121 e. The fourth-order valence-electron chi connectivity index (χ4n) is 1.77. The summed E-state index contributed by atoms with van der Waals surface area (Å²) < 4.78 is 6.18. The van der Waals surface area contributed by atoms with E-state index in [9.17, 15) is 0 Å². The molecule has 2 rings (SSSR count). The van der Waals surface area contributed by atoms with Crippen molar-refractivity contribution in [3.05, 3.63) is 46.4 Å². The van der Waals surface area contributed by atoms with Gasteiger partial charge in [-0.2, -0.15) is 0 Å². The molecule has 3 N–H and O–H groups in total. The number of methoxy groups -OCH3 is 1. The minimum atomic E-state index is 0.747. The summed E-state index contributed by atoms with van der Waals surface area (Å²) in [5.74, 6) is 0.807. The lowest BCUT2D eigenvalue weighted by atomic mass is 10.2. The van der Waals surface area contributed by atoms with Crippen LogP contribution in [-0.4, -0.2) is 7.11 Å². The fraction of sp³-hybridized carbons (Fsp3) is 0.143. The Labute approximate surface area is 115 Å². The third-order valence-corrected chi connectivity index (χ3v) is 3.24. The third kappa shape index (κ3) is 2.96. The number of benzene rings is 2. The molecule has 2 aromatic carbocycles. The van der Waals surface area contributed by atoms with Crippen molar-refractivity contribution < 1.29 is 4.74 Å². The van der Waals surface area contributed by atoms with Crippen molar-refractivity contribution in [3.63, 3.8) is 0 Å². The zero-order valence-corrected chi connectivity index (χ0v) is 11.9. The summed E-state index contributed by atoms with van der Waals surface area (Å²) in [7, 11) is 1.65. The van der Waals surface area contributed by atoms with Gasteiger partial charge in [-0.1, -0.05) is 0 Å². The highest BCUT2D eigenvalue weighted by Crippen LogP contribution is 2.30. The number of aryl methyl sites for hydroxylation is 1. The molecule has 0 aliphatic carbocycles. The van der Waals surface area contributed by atoms with Crippen LogP contribution >= 0.6 is 15.9 Å². The van der Waals surface area contributed by atoms with Crippen LogP contribution in [0.15, 0.2) is 40.9 Å². The van der Waals surface area contributed by atoms with Crippen LogP contribution in [0, 0.1) is 6.92 Å². The highest BCUT2D eigenvalue weighted by atomic mass is 79.9. The molecule has 4 heteroatoms. The first-order valence-corrected chi connectivity index (χ1v) is 6.35. The van der Waals surface area contributed by atoms with Gasteiger partial charge in [0.05, 0.1) is 12.8 Å². The number of nitrogens with two attached hydrogens (primary N) is 1. The lowest BCUT2D eigenvalue weighted by Crippen LogP contribution is -1.95. The second-order valence-corrected chi connectivity index (χ2v) is 4.96. The molecule has 94 valence electrons. The highest BCUT2D eigenvalue weighted by molar-refractivity contribution is 9.10. The molecule has 0 unspecified atom stereocenters. The van der Waals surface area contributed by atoms with E-state index in [4.69, 9.17) is 10.5 Å². The Morgan fingerprint density at radius 2 is 1.94 bits per heavy atom. The quantitative estimate of drug-likeness (QED) is 0.840. The predicted octanol–water partition coefficient (Wildman–Crippen LogP) is 4.09. The zero-order chi connectivity index (χ0) is 13.1. The molecular weight excluding hydrogens is 292 g/mol. The van der Waals surface area contributed by atoms with Crippen molar-refractivity contribution in [1.82, 2.24) is 0 Å². The molecular formula is C14H15BrN2O. The van der Waals surface area contributed by atoms with E-state index in [0.717, 1.165) is 32.8 Å². The highest BCUT2D eigenvalue weighted by Gasteiger charge is 2.03. The van der Waals surface area contributed by atoms with E-state index in [-0.39, 0.29) is 0 Å². The van der Waals surface area contributed by atoms with Crippen LogP contribution in [0.3, 0.4) is 0 Å². The summed E-state index contributed by atoms with van der Waals surface area (Å²) in [6.45, 7) is 2.02. The molecule has 0 spiro atoms. The summed E-state index contributed by atoms with van der Waals surface area (Å²) in [5, 5.41) is 3.32. The summed E-state index contributed by atoms with van der Waals surface area (Å²) in [6.07, 6.45) is 0. The summed E-state index contributed by atoms with van der Waals surface area (Å²) in [6, 6.07) is 11.7. The van der Waals surface area contributed by atoms with Crippen LogP contribution in [0.5, 0.6) is 5.75 Å². The van der Waals surface area contributed by atoms with E-state index >= 15 is 0 Å². The lowest BCUT2D eigenvalue weighted by Gasteiger charge is -2.11. The molecule has 0 saturated carbocycles. The number of anilines is 3. The van der Waals surface area contributed by atoms with Crippen molar-refractivity contribution >= 4 is 33.0 Å². The SMILES string of the molecule is COc1ccc(Br)c(Nc2cc(C)cc(N)c2)c1. The van der Waals surface area contributed by atoms with E-state index in [1.807, 2.05) is 43.3 Å². The van der Waals surface area contributed by atoms with E-state index in [1.165, 1.54) is 0 Å². The summed E-state index contributed by atoms with van der Waals surface area (Å²) >= 11 is 3.50. The molecule has 0 saturated heterocycles. The Hall–Kier alpha value is -1.68. The Morgan fingerprint density at radius 1 is 1.17 bits per heavy atom. The first-order valence-electron chi connectivity index (χ1n) is 5.56. The van der Waals surface area contributed by atoms with Gasteiger partial charge in [-0.25, -0.2) is 0 Å². The van der Waals surface area contributed by atoms with Gasteiger partial charge in [-0.3, -0.25) is 0 Å². The number of hydrogen-bond acceptors (Lipinski definition) is 3. The Kier molecular flexibility index (Phi) is 3.77. The molecule has 0 fully saturated rings. The monoisotopic (exact) mass is 306 g/mol. The average molecular weight is 307 g/mol. The Morgan fingerprint density at radius 3 is 2.61 bits per heavy atom. The Balaban J connectivity index is 2.33. The summed E-state index contributed by atoms with van der Waals surface area (Å²) in [4.78, 5) is 0. The molecule has 0 radical (unpaired) electrons. The van der Waals surface area contributed by atoms with Crippen molar-refractivity contribution in [2.24, 2.45) is 0 Å². The van der Waals surface area contributed by atoms with Gasteiger partial charge < -0.3 is 15.8 Å². The fourth-order valence-corrected chi connectivity index (χ4v) is 2.11. The molecule has 0 amide bonds. The standard InChI is InChI=1S/C14H15BrN2O/c1-9-5-10(16)7-11(6-9)17-14-8-12(18-2)3-4-13(14)15/h3-8,17H,16H2,1-2H3. The van der Waals surface area contributed by atoms with Gasteiger partial charge in [0.2, 0.25) is 0 Å².